The summed E-state index contributed by atoms with van der Waals surface area (Å²) in [4.78, 5) is 37.9. The highest BCUT2D eigenvalue weighted by Crippen LogP contribution is 2.15. The molecule has 0 aliphatic heterocycles. The van der Waals surface area contributed by atoms with Gasteiger partial charge in [0.1, 0.15) is 5.69 Å². The molecule has 1 aromatic heterocycles. The molecule has 1 N–H and O–H groups in total. The number of hydrogen-bond acceptors (Lipinski definition) is 6. The van der Waals surface area contributed by atoms with Crippen LogP contribution in [0.4, 0.5) is 5.69 Å². The minimum absolute atomic E-state index is 0.0640. The van der Waals surface area contributed by atoms with Crippen molar-refractivity contribution in [1.29, 1.82) is 0 Å². The number of carbonyl (C=O) groups excluding carboxylic acids is 2. The number of para-hydroxylation sites is 1. The number of carbonyl (C=O) groups is 2. The molecule has 32 heavy (non-hydrogen) atoms. The molecule has 0 bridgehead atoms. The monoisotopic (exact) mass is 457 g/mol. The lowest BCUT2D eigenvalue weighted by molar-refractivity contribution is -0.123. The number of esters is 1. The SMILES string of the molecule is Cc1c(NC(=O)C(C)OC(=O)c2ccc(S(C)(=O)=O)cc2)c(=O)n(-c2ccccc2)n1C. The van der Waals surface area contributed by atoms with E-state index in [4.69, 9.17) is 4.74 Å². The van der Waals surface area contributed by atoms with E-state index in [9.17, 15) is 22.8 Å². The first-order valence-electron chi connectivity index (χ1n) is 9.66. The highest BCUT2D eigenvalue weighted by molar-refractivity contribution is 7.90. The zero-order chi connectivity index (χ0) is 23.6. The number of anilines is 1. The highest BCUT2D eigenvalue weighted by Gasteiger charge is 2.23. The van der Waals surface area contributed by atoms with E-state index in [1.807, 2.05) is 6.07 Å². The minimum atomic E-state index is -3.40. The second-order valence-corrected chi connectivity index (χ2v) is 9.29. The summed E-state index contributed by atoms with van der Waals surface area (Å²) >= 11 is 0. The predicted molar refractivity (Wildman–Crippen MR) is 119 cm³/mol. The number of ether oxygens (including phenoxy) is 1. The molecule has 168 valence electrons. The van der Waals surface area contributed by atoms with Gasteiger partial charge in [-0.05, 0) is 50.2 Å². The number of rotatable bonds is 6. The number of aromatic nitrogens is 2. The zero-order valence-electron chi connectivity index (χ0n) is 18.0. The Bertz CT molecular complexity index is 1320. The Morgan fingerprint density at radius 2 is 1.62 bits per heavy atom. The number of hydrogen-bond donors (Lipinski definition) is 1. The molecule has 0 aliphatic rings. The molecule has 3 aromatic rings. The Labute approximate surface area is 185 Å². The third-order valence-electron chi connectivity index (χ3n) is 4.97. The van der Waals surface area contributed by atoms with Crippen molar-refractivity contribution in [2.24, 2.45) is 7.05 Å². The molecule has 0 spiro atoms. The summed E-state index contributed by atoms with van der Waals surface area (Å²) in [5.41, 5.74) is 0.934. The van der Waals surface area contributed by atoms with Gasteiger partial charge in [-0.3, -0.25) is 14.3 Å². The summed E-state index contributed by atoms with van der Waals surface area (Å²) in [6, 6.07) is 14.2. The second-order valence-electron chi connectivity index (χ2n) is 7.27. The maximum atomic E-state index is 12.9. The molecule has 0 saturated heterocycles. The van der Waals surface area contributed by atoms with E-state index in [0.717, 1.165) is 6.26 Å². The summed E-state index contributed by atoms with van der Waals surface area (Å²) in [5, 5.41) is 2.55. The van der Waals surface area contributed by atoms with Gasteiger partial charge in [-0.25, -0.2) is 17.9 Å². The zero-order valence-corrected chi connectivity index (χ0v) is 18.8. The van der Waals surface area contributed by atoms with Gasteiger partial charge in [-0.15, -0.1) is 0 Å². The Hall–Kier alpha value is -3.66. The van der Waals surface area contributed by atoms with E-state index in [1.54, 1.807) is 42.9 Å². The maximum Gasteiger partial charge on any atom is 0.338 e. The minimum Gasteiger partial charge on any atom is -0.449 e. The first-order valence-corrected chi connectivity index (χ1v) is 11.6. The Balaban J connectivity index is 1.75. The van der Waals surface area contributed by atoms with E-state index in [2.05, 4.69) is 5.32 Å². The van der Waals surface area contributed by atoms with Crippen LogP contribution in [0.2, 0.25) is 0 Å². The van der Waals surface area contributed by atoms with Gasteiger partial charge in [-0.2, -0.15) is 0 Å². The van der Waals surface area contributed by atoms with Gasteiger partial charge in [0.2, 0.25) is 0 Å². The van der Waals surface area contributed by atoms with Crippen LogP contribution < -0.4 is 10.9 Å². The molecule has 10 heteroatoms. The number of benzene rings is 2. The summed E-state index contributed by atoms with van der Waals surface area (Å²) < 4.78 is 31.3. The lowest BCUT2D eigenvalue weighted by Crippen LogP contribution is -2.32. The van der Waals surface area contributed by atoms with E-state index < -0.39 is 33.4 Å². The van der Waals surface area contributed by atoms with E-state index in [0.29, 0.717) is 11.4 Å². The van der Waals surface area contributed by atoms with Crippen molar-refractivity contribution < 1.29 is 22.7 Å². The molecule has 2 aromatic carbocycles. The van der Waals surface area contributed by atoms with Crippen molar-refractivity contribution in [2.45, 2.75) is 24.8 Å². The van der Waals surface area contributed by atoms with Gasteiger partial charge in [-0.1, -0.05) is 18.2 Å². The van der Waals surface area contributed by atoms with Gasteiger partial charge >= 0.3 is 5.97 Å². The van der Waals surface area contributed by atoms with Gasteiger partial charge < -0.3 is 10.1 Å². The molecular weight excluding hydrogens is 434 g/mol. The quantitative estimate of drug-likeness (QED) is 0.567. The van der Waals surface area contributed by atoms with Crippen LogP contribution >= 0.6 is 0 Å². The topological polar surface area (TPSA) is 116 Å². The van der Waals surface area contributed by atoms with Crippen molar-refractivity contribution in [3.8, 4) is 5.69 Å². The van der Waals surface area contributed by atoms with E-state index in [1.165, 1.54) is 35.9 Å². The van der Waals surface area contributed by atoms with Gasteiger partial charge in [0, 0.05) is 13.3 Å². The standard InChI is InChI=1S/C22H23N3O6S/c1-14-19(21(27)25(24(14)3)17-8-6-5-7-9-17)23-20(26)15(2)31-22(28)16-10-12-18(13-11-16)32(4,29)30/h5-13,15H,1-4H3,(H,23,26). The number of nitrogens with zero attached hydrogens (tertiary/aromatic N) is 2. The van der Waals surface area contributed by atoms with Crippen LogP contribution in [-0.2, 0) is 26.4 Å². The van der Waals surface area contributed by atoms with Crippen molar-refractivity contribution in [1.82, 2.24) is 9.36 Å². The fourth-order valence-electron chi connectivity index (χ4n) is 3.06. The molecule has 3 rings (SSSR count). The predicted octanol–water partition coefficient (Wildman–Crippen LogP) is 2.07. The molecule has 1 amide bonds. The van der Waals surface area contributed by atoms with E-state index in [-0.39, 0.29) is 16.1 Å². The average Bonchev–Trinajstić information content (AvgIpc) is 2.96. The number of nitrogens with one attached hydrogen (secondary N) is 1. The molecule has 1 unspecified atom stereocenters. The van der Waals surface area contributed by atoms with Gasteiger partial charge in [0.05, 0.1) is 21.8 Å². The smallest absolute Gasteiger partial charge is 0.338 e. The lowest BCUT2D eigenvalue weighted by atomic mass is 10.2. The van der Waals surface area contributed by atoms with Crippen molar-refractivity contribution in [2.75, 3.05) is 11.6 Å². The van der Waals surface area contributed by atoms with Crippen LogP contribution in [0.15, 0.2) is 64.3 Å². The summed E-state index contributed by atoms with van der Waals surface area (Å²) in [5.74, 6) is -1.46. The van der Waals surface area contributed by atoms with E-state index >= 15 is 0 Å². The Morgan fingerprint density at radius 3 is 2.19 bits per heavy atom. The maximum absolute atomic E-state index is 12.9. The third kappa shape index (κ3) is 4.65. The number of amides is 1. The molecular formula is C22H23N3O6S. The van der Waals surface area contributed by atoms with Crippen LogP contribution in [0.5, 0.6) is 0 Å². The number of sulfone groups is 1. The highest BCUT2D eigenvalue weighted by atomic mass is 32.2. The summed E-state index contributed by atoms with van der Waals surface area (Å²) in [7, 11) is -1.70. The third-order valence-corrected chi connectivity index (χ3v) is 6.10. The first kappa shape index (κ1) is 23.0. The Morgan fingerprint density at radius 1 is 1.03 bits per heavy atom. The van der Waals surface area contributed by atoms with Crippen molar-refractivity contribution in [3.05, 3.63) is 76.2 Å². The van der Waals surface area contributed by atoms with Crippen LogP contribution in [-0.4, -0.2) is 42.0 Å². The second kappa shape index (κ2) is 8.83. The van der Waals surface area contributed by atoms with Crippen LogP contribution in [0, 0.1) is 6.92 Å². The van der Waals surface area contributed by atoms with Crippen LogP contribution in [0.3, 0.4) is 0 Å². The van der Waals surface area contributed by atoms with Crippen LogP contribution in [0.25, 0.3) is 5.69 Å². The molecule has 0 fully saturated rings. The fourth-order valence-corrected chi connectivity index (χ4v) is 3.69. The van der Waals surface area contributed by atoms with Crippen molar-refractivity contribution in [3.63, 3.8) is 0 Å². The lowest BCUT2D eigenvalue weighted by Gasteiger charge is -2.13. The fraction of sp³-hybridized carbons (Fsp3) is 0.227. The summed E-state index contributed by atoms with van der Waals surface area (Å²) in [6.45, 7) is 3.07. The van der Waals surface area contributed by atoms with Crippen LogP contribution in [0.1, 0.15) is 23.0 Å². The summed E-state index contributed by atoms with van der Waals surface area (Å²) in [6.07, 6.45) is -0.134. The van der Waals surface area contributed by atoms with Gasteiger partial charge in [0.25, 0.3) is 11.5 Å². The first-order chi connectivity index (χ1) is 15.0. The largest absolute Gasteiger partial charge is 0.449 e. The average molecular weight is 458 g/mol. The van der Waals surface area contributed by atoms with Crippen molar-refractivity contribution >= 4 is 27.4 Å². The molecule has 0 aliphatic carbocycles. The molecule has 1 atom stereocenters. The molecule has 9 nitrogen and oxygen atoms in total. The van der Waals surface area contributed by atoms with Gasteiger partial charge in [0.15, 0.2) is 15.9 Å². The Kier molecular flexibility index (Phi) is 6.35. The molecule has 0 radical (unpaired) electrons. The normalized spacial score (nSPS) is 12.2. The molecule has 0 saturated carbocycles. The molecule has 1 heterocycles.